The van der Waals surface area contributed by atoms with E-state index in [2.05, 4.69) is 24.8 Å². The molecule has 0 atom stereocenters. The maximum Gasteiger partial charge on any atom is 0.0174 e. The summed E-state index contributed by atoms with van der Waals surface area (Å²) in [5.41, 5.74) is 1.63. The van der Waals surface area contributed by atoms with Gasteiger partial charge in [0.15, 0.2) is 0 Å². The van der Waals surface area contributed by atoms with Crippen molar-refractivity contribution in [3.05, 3.63) is 11.8 Å². The summed E-state index contributed by atoms with van der Waals surface area (Å²) in [6.07, 6.45) is 11.8. The van der Waals surface area contributed by atoms with Crippen molar-refractivity contribution >= 4 is 0 Å². The van der Waals surface area contributed by atoms with E-state index in [0.29, 0.717) is 0 Å². The van der Waals surface area contributed by atoms with Crippen molar-refractivity contribution in [1.29, 1.82) is 0 Å². The van der Waals surface area contributed by atoms with E-state index in [-0.39, 0.29) is 0 Å². The Morgan fingerprint density at radius 2 is 1.79 bits per heavy atom. The van der Waals surface area contributed by atoms with Crippen molar-refractivity contribution in [2.45, 2.75) is 58.8 Å². The summed E-state index contributed by atoms with van der Waals surface area (Å²) in [6.45, 7) is 7.12. The Bertz CT molecular complexity index is 164. The van der Waals surface area contributed by atoms with Crippen molar-refractivity contribution in [3.63, 3.8) is 0 Å². The molecular weight excluding hydrogens is 170 g/mol. The first-order valence-corrected chi connectivity index (χ1v) is 6.32. The molecule has 1 rings (SSSR count). The first-order valence-electron chi connectivity index (χ1n) is 6.32. The third-order valence-corrected chi connectivity index (χ3v) is 2.99. The number of rotatable bonds is 7. The average molecular weight is 195 g/mol. The standard InChI is InChI=1S/C13H25N/c1-3-5-11-14(12-6-4-2)13-9-7-8-10-13/h9H,3-8,10-12H2,1-2H3. The smallest absolute Gasteiger partial charge is 0.0174 e. The summed E-state index contributed by atoms with van der Waals surface area (Å²) in [5.74, 6) is 0. The molecule has 0 spiro atoms. The fraction of sp³-hybridized carbons (Fsp3) is 0.846. The van der Waals surface area contributed by atoms with Crippen molar-refractivity contribution in [1.82, 2.24) is 4.90 Å². The Kier molecular flexibility index (Phi) is 5.74. The normalized spacial score (nSPS) is 15.7. The SMILES string of the molecule is CCCCN(CCCC)C1=CCCC1. The predicted octanol–water partition coefficient (Wildman–Crippen LogP) is 3.96. The summed E-state index contributed by atoms with van der Waals surface area (Å²) in [5, 5.41) is 0. The fourth-order valence-corrected chi connectivity index (χ4v) is 2.04. The zero-order chi connectivity index (χ0) is 10.2. The lowest BCUT2D eigenvalue weighted by Crippen LogP contribution is -2.24. The molecule has 1 heteroatoms. The highest BCUT2D eigenvalue weighted by Gasteiger charge is 2.11. The van der Waals surface area contributed by atoms with Gasteiger partial charge in [-0.1, -0.05) is 32.8 Å². The van der Waals surface area contributed by atoms with Crippen LogP contribution >= 0.6 is 0 Å². The zero-order valence-corrected chi connectivity index (χ0v) is 9.89. The van der Waals surface area contributed by atoms with Gasteiger partial charge in [-0.15, -0.1) is 0 Å². The van der Waals surface area contributed by atoms with Gasteiger partial charge in [0, 0.05) is 18.8 Å². The molecule has 1 aliphatic carbocycles. The maximum atomic E-state index is 2.62. The number of nitrogens with zero attached hydrogens (tertiary/aromatic N) is 1. The van der Waals surface area contributed by atoms with Gasteiger partial charge in [0.1, 0.15) is 0 Å². The number of allylic oxidation sites excluding steroid dienone is 2. The minimum atomic E-state index is 1.28. The minimum absolute atomic E-state index is 1.28. The highest BCUT2D eigenvalue weighted by Crippen LogP contribution is 2.22. The van der Waals surface area contributed by atoms with Crippen molar-refractivity contribution < 1.29 is 0 Å². The van der Waals surface area contributed by atoms with Crippen molar-refractivity contribution in [2.24, 2.45) is 0 Å². The highest BCUT2D eigenvalue weighted by molar-refractivity contribution is 5.06. The van der Waals surface area contributed by atoms with Crippen LogP contribution in [-0.4, -0.2) is 18.0 Å². The Balaban J connectivity index is 2.34. The molecule has 0 saturated carbocycles. The van der Waals surface area contributed by atoms with Crippen LogP contribution in [0.1, 0.15) is 58.8 Å². The van der Waals surface area contributed by atoms with Crippen LogP contribution in [-0.2, 0) is 0 Å². The molecule has 0 aliphatic heterocycles. The molecule has 1 nitrogen and oxygen atoms in total. The van der Waals surface area contributed by atoms with Crippen LogP contribution in [0.2, 0.25) is 0 Å². The molecule has 0 radical (unpaired) electrons. The zero-order valence-electron chi connectivity index (χ0n) is 9.89. The second-order valence-corrected chi connectivity index (χ2v) is 4.28. The third-order valence-electron chi connectivity index (χ3n) is 2.99. The summed E-state index contributed by atoms with van der Waals surface area (Å²) >= 11 is 0. The second-order valence-electron chi connectivity index (χ2n) is 4.28. The Labute approximate surface area is 89.2 Å². The number of hydrogen-bond donors (Lipinski definition) is 0. The van der Waals surface area contributed by atoms with E-state index in [1.165, 1.54) is 58.0 Å². The Morgan fingerprint density at radius 1 is 1.14 bits per heavy atom. The van der Waals surface area contributed by atoms with E-state index >= 15 is 0 Å². The van der Waals surface area contributed by atoms with Gasteiger partial charge < -0.3 is 4.90 Å². The lowest BCUT2D eigenvalue weighted by atomic mass is 10.2. The largest absolute Gasteiger partial charge is 0.375 e. The fourth-order valence-electron chi connectivity index (χ4n) is 2.04. The molecular formula is C13H25N. The topological polar surface area (TPSA) is 3.24 Å². The van der Waals surface area contributed by atoms with E-state index in [0.717, 1.165) is 0 Å². The first-order chi connectivity index (χ1) is 6.88. The molecule has 0 aromatic heterocycles. The quantitative estimate of drug-likeness (QED) is 0.594. The van der Waals surface area contributed by atoms with Crippen LogP contribution in [0.15, 0.2) is 11.8 Å². The van der Waals surface area contributed by atoms with Crippen LogP contribution in [0.4, 0.5) is 0 Å². The van der Waals surface area contributed by atoms with E-state index in [1.807, 2.05) is 0 Å². The van der Waals surface area contributed by atoms with Gasteiger partial charge in [-0.05, 0) is 32.1 Å². The molecule has 0 bridgehead atoms. The summed E-state index contributed by atoms with van der Waals surface area (Å²) in [6, 6.07) is 0. The van der Waals surface area contributed by atoms with E-state index < -0.39 is 0 Å². The van der Waals surface area contributed by atoms with Gasteiger partial charge >= 0.3 is 0 Å². The van der Waals surface area contributed by atoms with Crippen LogP contribution in [0, 0.1) is 0 Å². The lowest BCUT2D eigenvalue weighted by Gasteiger charge is -2.25. The van der Waals surface area contributed by atoms with E-state index in [9.17, 15) is 0 Å². The predicted molar refractivity (Wildman–Crippen MR) is 63.3 cm³/mol. The molecule has 14 heavy (non-hydrogen) atoms. The molecule has 0 fully saturated rings. The van der Waals surface area contributed by atoms with Gasteiger partial charge in [0.05, 0.1) is 0 Å². The Morgan fingerprint density at radius 3 is 2.21 bits per heavy atom. The Hall–Kier alpha value is -0.460. The molecule has 0 unspecified atom stereocenters. The monoisotopic (exact) mass is 195 g/mol. The average Bonchev–Trinajstić information content (AvgIpc) is 2.71. The van der Waals surface area contributed by atoms with Crippen molar-refractivity contribution in [3.8, 4) is 0 Å². The summed E-state index contributed by atoms with van der Waals surface area (Å²) < 4.78 is 0. The molecule has 1 aliphatic rings. The van der Waals surface area contributed by atoms with Crippen molar-refractivity contribution in [2.75, 3.05) is 13.1 Å². The van der Waals surface area contributed by atoms with Gasteiger partial charge in [0.25, 0.3) is 0 Å². The second kappa shape index (κ2) is 6.92. The van der Waals surface area contributed by atoms with Crippen LogP contribution < -0.4 is 0 Å². The summed E-state index contributed by atoms with van der Waals surface area (Å²) in [4.78, 5) is 2.62. The van der Waals surface area contributed by atoms with Gasteiger partial charge in [-0.25, -0.2) is 0 Å². The highest BCUT2D eigenvalue weighted by atomic mass is 15.1. The van der Waals surface area contributed by atoms with Gasteiger partial charge in [-0.3, -0.25) is 0 Å². The van der Waals surface area contributed by atoms with E-state index in [4.69, 9.17) is 0 Å². The first kappa shape index (κ1) is 11.6. The lowest BCUT2D eigenvalue weighted by molar-refractivity contribution is 0.324. The van der Waals surface area contributed by atoms with Gasteiger partial charge in [0.2, 0.25) is 0 Å². The molecule has 0 N–H and O–H groups in total. The van der Waals surface area contributed by atoms with Gasteiger partial charge in [-0.2, -0.15) is 0 Å². The van der Waals surface area contributed by atoms with Crippen LogP contribution in [0.5, 0.6) is 0 Å². The molecule has 0 aromatic carbocycles. The molecule has 0 amide bonds. The molecule has 0 saturated heterocycles. The third kappa shape index (κ3) is 3.73. The minimum Gasteiger partial charge on any atom is -0.375 e. The molecule has 82 valence electrons. The summed E-state index contributed by atoms with van der Waals surface area (Å²) in [7, 11) is 0. The number of unbranched alkanes of at least 4 members (excludes halogenated alkanes) is 2. The van der Waals surface area contributed by atoms with Crippen LogP contribution in [0.25, 0.3) is 0 Å². The van der Waals surface area contributed by atoms with Crippen LogP contribution in [0.3, 0.4) is 0 Å². The molecule has 0 aromatic rings. The maximum absolute atomic E-state index is 2.62. The van der Waals surface area contributed by atoms with E-state index in [1.54, 1.807) is 5.70 Å². The number of hydrogen-bond acceptors (Lipinski definition) is 1. The molecule has 0 heterocycles.